The van der Waals surface area contributed by atoms with Gasteiger partial charge in [0.2, 0.25) is 0 Å². The first-order valence-electron chi connectivity index (χ1n) is 7.23. The zero-order valence-corrected chi connectivity index (χ0v) is 12.7. The molecule has 22 heavy (non-hydrogen) atoms. The van der Waals surface area contributed by atoms with Gasteiger partial charge in [-0.3, -0.25) is 9.59 Å². The molecule has 6 nitrogen and oxygen atoms in total. The molecule has 0 aliphatic heterocycles. The highest BCUT2D eigenvalue weighted by molar-refractivity contribution is 5.92. The van der Waals surface area contributed by atoms with Gasteiger partial charge >= 0.3 is 23.9 Å². The molecule has 0 bridgehead atoms. The van der Waals surface area contributed by atoms with Crippen LogP contribution in [0.3, 0.4) is 0 Å². The molecule has 0 heterocycles. The second-order valence-corrected chi connectivity index (χ2v) is 4.62. The van der Waals surface area contributed by atoms with Crippen LogP contribution in [0.1, 0.15) is 51.4 Å². The number of rotatable bonds is 11. The number of carbonyl (C=O) groups is 4. The summed E-state index contributed by atoms with van der Waals surface area (Å²) in [4.78, 5) is 43.8. The van der Waals surface area contributed by atoms with Crippen LogP contribution in [0.5, 0.6) is 0 Å². The van der Waals surface area contributed by atoms with Crippen LogP contribution >= 0.6 is 0 Å². The maximum atomic E-state index is 11.2. The van der Waals surface area contributed by atoms with Crippen LogP contribution in [0.2, 0.25) is 0 Å². The van der Waals surface area contributed by atoms with Gasteiger partial charge in [-0.25, -0.2) is 9.59 Å². The third-order valence-corrected chi connectivity index (χ3v) is 2.77. The monoisotopic (exact) mass is 310 g/mol. The summed E-state index contributed by atoms with van der Waals surface area (Å²) in [6, 6.07) is 0. The van der Waals surface area contributed by atoms with E-state index in [1.165, 1.54) is 0 Å². The van der Waals surface area contributed by atoms with Crippen LogP contribution in [0, 0.1) is 0 Å². The molecule has 0 aliphatic rings. The first kappa shape index (κ1) is 19.8. The zero-order valence-electron chi connectivity index (χ0n) is 12.7. The van der Waals surface area contributed by atoms with Gasteiger partial charge in [-0.2, -0.15) is 0 Å². The van der Waals surface area contributed by atoms with Gasteiger partial charge in [-0.15, -0.1) is 0 Å². The molecule has 0 atom stereocenters. The van der Waals surface area contributed by atoms with Crippen LogP contribution in [-0.2, 0) is 28.7 Å². The van der Waals surface area contributed by atoms with E-state index >= 15 is 0 Å². The molecule has 0 aromatic heterocycles. The summed E-state index contributed by atoms with van der Waals surface area (Å²) in [6.45, 7) is 6.40. The molecule has 0 unspecified atom stereocenters. The second kappa shape index (κ2) is 12.5. The lowest BCUT2D eigenvalue weighted by molar-refractivity contribution is -0.158. The minimum absolute atomic E-state index is 0.204. The van der Waals surface area contributed by atoms with Crippen molar-refractivity contribution in [2.45, 2.75) is 51.4 Å². The topological polar surface area (TPSA) is 86.7 Å². The molecular weight excluding hydrogens is 288 g/mol. The van der Waals surface area contributed by atoms with Crippen LogP contribution < -0.4 is 0 Å². The molecule has 6 heteroatoms. The minimum Gasteiger partial charge on any atom is -0.390 e. The Balaban J connectivity index is 3.43. The van der Waals surface area contributed by atoms with E-state index in [9.17, 15) is 19.2 Å². The van der Waals surface area contributed by atoms with Crippen molar-refractivity contribution in [2.75, 3.05) is 0 Å². The quantitative estimate of drug-likeness (QED) is 0.252. The molecule has 0 spiro atoms. The number of hydrogen-bond donors (Lipinski definition) is 0. The van der Waals surface area contributed by atoms with Crippen LogP contribution in [0.25, 0.3) is 0 Å². The second-order valence-electron chi connectivity index (χ2n) is 4.62. The largest absolute Gasteiger partial charge is 0.390 e. The van der Waals surface area contributed by atoms with Gasteiger partial charge in [0.05, 0.1) is 0 Å². The van der Waals surface area contributed by atoms with Crippen LogP contribution in [0.4, 0.5) is 0 Å². The fraction of sp³-hybridized carbons (Fsp3) is 0.500. The zero-order chi connectivity index (χ0) is 16.8. The molecule has 0 aromatic carbocycles. The van der Waals surface area contributed by atoms with E-state index in [2.05, 4.69) is 22.6 Å². The summed E-state index contributed by atoms with van der Waals surface area (Å²) in [5.74, 6) is -2.54. The summed E-state index contributed by atoms with van der Waals surface area (Å²) >= 11 is 0. The summed E-state index contributed by atoms with van der Waals surface area (Å²) in [5.41, 5.74) is 0. The third-order valence-electron chi connectivity index (χ3n) is 2.77. The number of esters is 4. The van der Waals surface area contributed by atoms with E-state index in [4.69, 9.17) is 0 Å². The summed E-state index contributed by atoms with van der Waals surface area (Å²) in [6.07, 6.45) is 7.14. The van der Waals surface area contributed by atoms with Crippen LogP contribution in [-0.4, -0.2) is 23.9 Å². The fourth-order valence-electron chi connectivity index (χ4n) is 1.66. The maximum absolute atomic E-state index is 11.2. The third kappa shape index (κ3) is 11.6. The Morgan fingerprint density at radius 3 is 1.27 bits per heavy atom. The highest BCUT2D eigenvalue weighted by atomic mass is 16.6. The summed E-state index contributed by atoms with van der Waals surface area (Å²) < 4.78 is 8.86. The van der Waals surface area contributed by atoms with Gasteiger partial charge in [0.15, 0.2) is 0 Å². The van der Waals surface area contributed by atoms with Crippen LogP contribution in [0.15, 0.2) is 25.3 Å². The lowest BCUT2D eigenvalue weighted by Gasteiger charge is -2.02. The molecule has 0 aromatic rings. The average molecular weight is 310 g/mol. The van der Waals surface area contributed by atoms with Crippen molar-refractivity contribution in [3.8, 4) is 0 Å². The molecule has 0 aliphatic carbocycles. The number of hydrogen-bond acceptors (Lipinski definition) is 6. The Morgan fingerprint density at radius 2 is 0.955 bits per heavy atom. The van der Waals surface area contributed by atoms with E-state index in [1.54, 1.807) is 0 Å². The SMILES string of the molecule is C=CC(=O)OC(=O)CCCCCCCCC(=O)OC(=O)C=C. The van der Waals surface area contributed by atoms with Crippen molar-refractivity contribution in [2.24, 2.45) is 0 Å². The van der Waals surface area contributed by atoms with Gasteiger partial charge in [-0.05, 0) is 12.8 Å². The van der Waals surface area contributed by atoms with Crippen molar-refractivity contribution >= 4 is 23.9 Å². The van der Waals surface area contributed by atoms with Gasteiger partial charge in [0.1, 0.15) is 0 Å². The minimum atomic E-state index is -0.730. The smallest absolute Gasteiger partial charge is 0.337 e. The predicted octanol–water partition coefficient (Wildman–Crippen LogP) is 2.62. The van der Waals surface area contributed by atoms with Gasteiger partial charge in [0.25, 0.3) is 0 Å². The van der Waals surface area contributed by atoms with Crippen molar-refractivity contribution in [1.82, 2.24) is 0 Å². The first-order valence-corrected chi connectivity index (χ1v) is 7.23. The Kier molecular flexibility index (Phi) is 11.2. The van der Waals surface area contributed by atoms with Gasteiger partial charge in [-0.1, -0.05) is 38.8 Å². The number of unbranched alkanes of at least 4 members (excludes halogenated alkanes) is 5. The van der Waals surface area contributed by atoms with E-state index in [0.717, 1.165) is 37.8 Å². The predicted molar refractivity (Wildman–Crippen MR) is 79.5 cm³/mol. The van der Waals surface area contributed by atoms with Gasteiger partial charge in [0, 0.05) is 25.0 Å². The Hall–Kier alpha value is -2.24. The summed E-state index contributed by atoms with van der Waals surface area (Å²) in [5, 5.41) is 0. The molecule has 0 saturated heterocycles. The first-order chi connectivity index (χ1) is 10.5. The molecule has 0 amide bonds. The summed E-state index contributed by atoms with van der Waals surface area (Å²) in [7, 11) is 0. The Labute approximate surface area is 130 Å². The van der Waals surface area contributed by atoms with Crippen molar-refractivity contribution in [1.29, 1.82) is 0 Å². The van der Waals surface area contributed by atoms with Crippen molar-refractivity contribution in [3.63, 3.8) is 0 Å². The number of carbonyl (C=O) groups excluding carboxylic acids is 4. The lowest BCUT2D eigenvalue weighted by Crippen LogP contribution is -2.09. The maximum Gasteiger partial charge on any atom is 0.337 e. The molecular formula is C16H22O6. The lowest BCUT2D eigenvalue weighted by atomic mass is 10.1. The highest BCUT2D eigenvalue weighted by Gasteiger charge is 2.07. The molecule has 0 rings (SSSR count). The molecule has 0 saturated carbocycles. The molecule has 0 radical (unpaired) electrons. The molecule has 0 N–H and O–H groups in total. The Bertz CT molecular complexity index is 384. The van der Waals surface area contributed by atoms with Crippen molar-refractivity contribution in [3.05, 3.63) is 25.3 Å². The van der Waals surface area contributed by atoms with Crippen molar-refractivity contribution < 1.29 is 28.7 Å². The molecule has 0 fully saturated rings. The standard InChI is InChI=1S/C16H22O6/c1-3-13(17)21-15(19)11-9-7-5-6-8-10-12-16(20)22-14(18)4-2/h3-4H,1-2,5-12H2. The van der Waals surface area contributed by atoms with E-state index in [-0.39, 0.29) is 12.8 Å². The van der Waals surface area contributed by atoms with E-state index < -0.39 is 23.9 Å². The normalized spacial score (nSPS) is 9.64. The van der Waals surface area contributed by atoms with E-state index in [1.807, 2.05) is 0 Å². The number of ether oxygens (including phenoxy) is 2. The average Bonchev–Trinajstić information content (AvgIpc) is 2.49. The Morgan fingerprint density at radius 1 is 0.636 bits per heavy atom. The van der Waals surface area contributed by atoms with Gasteiger partial charge < -0.3 is 9.47 Å². The van der Waals surface area contributed by atoms with E-state index in [0.29, 0.717) is 12.8 Å². The fourth-order valence-corrected chi connectivity index (χ4v) is 1.66. The highest BCUT2D eigenvalue weighted by Crippen LogP contribution is 2.09. The molecule has 122 valence electrons.